The summed E-state index contributed by atoms with van der Waals surface area (Å²) in [5.74, 6) is 0.147. The SMILES string of the molecule is Cc1ccccc1-c1noc(COC(=O)c2n[nH]c3ccccc23)n1. The second kappa shape index (κ2) is 6.20. The van der Waals surface area contributed by atoms with Crippen molar-refractivity contribution in [1.82, 2.24) is 20.3 Å². The van der Waals surface area contributed by atoms with Crippen molar-refractivity contribution in [3.05, 3.63) is 65.7 Å². The van der Waals surface area contributed by atoms with Crippen LogP contribution in [0.5, 0.6) is 0 Å². The van der Waals surface area contributed by atoms with Crippen LogP contribution in [0, 0.1) is 6.92 Å². The Morgan fingerprint density at radius 3 is 2.84 bits per heavy atom. The third kappa shape index (κ3) is 2.87. The second-order valence-corrected chi connectivity index (χ2v) is 5.52. The zero-order valence-corrected chi connectivity index (χ0v) is 13.4. The molecule has 0 radical (unpaired) electrons. The lowest BCUT2D eigenvalue weighted by molar-refractivity contribution is 0.0425. The van der Waals surface area contributed by atoms with Crippen molar-refractivity contribution in [1.29, 1.82) is 0 Å². The van der Waals surface area contributed by atoms with E-state index < -0.39 is 5.97 Å². The zero-order chi connectivity index (χ0) is 17.2. The molecule has 2 aromatic carbocycles. The van der Waals surface area contributed by atoms with E-state index in [-0.39, 0.29) is 18.2 Å². The number of nitrogens with one attached hydrogen (secondary N) is 1. The van der Waals surface area contributed by atoms with E-state index in [0.29, 0.717) is 11.2 Å². The molecule has 25 heavy (non-hydrogen) atoms. The predicted molar refractivity (Wildman–Crippen MR) is 89.7 cm³/mol. The van der Waals surface area contributed by atoms with E-state index in [4.69, 9.17) is 9.26 Å². The van der Waals surface area contributed by atoms with Crippen LogP contribution in [0.2, 0.25) is 0 Å². The van der Waals surface area contributed by atoms with Gasteiger partial charge in [-0.3, -0.25) is 5.10 Å². The molecule has 7 nitrogen and oxygen atoms in total. The molecule has 0 bridgehead atoms. The summed E-state index contributed by atoms with van der Waals surface area (Å²) in [7, 11) is 0. The molecular formula is C18H14N4O3. The number of fused-ring (bicyclic) bond motifs is 1. The molecule has 0 aliphatic carbocycles. The highest BCUT2D eigenvalue weighted by atomic mass is 16.6. The molecule has 0 spiro atoms. The van der Waals surface area contributed by atoms with Gasteiger partial charge >= 0.3 is 5.97 Å². The maximum Gasteiger partial charge on any atom is 0.359 e. The maximum absolute atomic E-state index is 12.2. The number of H-pyrrole nitrogens is 1. The van der Waals surface area contributed by atoms with Gasteiger partial charge < -0.3 is 9.26 Å². The first-order chi connectivity index (χ1) is 12.2. The van der Waals surface area contributed by atoms with Crippen molar-refractivity contribution in [2.75, 3.05) is 0 Å². The third-order valence-corrected chi connectivity index (χ3v) is 3.84. The molecule has 2 heterocycles. The van der Waals surface area contributed by atoms with Crippen molar-refractivity contribution in [3.63, 3.8) is 0 Å². The van der Waals surface area contributed by atoms with Crippen LogP contribution in [-0.2, 0) is 11.3 Å². The molecule has 0 aliphatic rings. The number of aryl methyl sites for hydroxylation is 1. The number of carbonyl (C=O) groups is 1. The molecule has 7 heteroatoms. The van der Waals surface area contributed by atoms with E-state index in [1.165, 1.54) is 0 Å². The topological polar surface area (TPSA) is 93.9 Å². The summed E-state index contributed by atoms with van der Waals surface area (Å²) in [5, 5.41) is 11.4. The smallest absolute Gasteiger partial charge is 0.359 e. The van der Waals surface area contributed by atoms with Crippen LogP contribution in [0.1, 0.15) is 21.9 Å². The van der Waals surface area contributed by atoms with Gasteiger partial charge in [-0.05, 0) is 18.6 Å². The molecule has 4 rings (SSSR count). The zero-order valence-electron chi connectivity index (χ0n) is 13.4. The van der Waals surface area contributed by atoms with Crippen LogP contribution in [0.4, 0.5) is 0 Å². The van der Waals surface area contributed by atoms with Crippen LogP contribution in [0.15, 0.2) is 53.1 Å². The number of nitrogens with zero attached hydrogens (tertiary/aromatic N) is 3. The number of rotatable bonds is 4. The molecule has 4 aromatic rings. The van der Waals surface area contributed by atoms with Crippen molar-refractivity contribution in [3.8, 4) is 11.4 Å². The molecule has 0 saturated heterocycles. The van der Waals surface area contributed by atoms with Gasteiger partial charge in [-0.15, -0.1) is 0 Å². The van der Waals surface area contributed by atoms with Gasteiger partial charge in [0.05, 0.1) is 5.52 Å². The van der Waals surface area contributed by atoms with Crippen LogP contribution in [0.25, 0.3) is 22.3 Å². The Bertz CT molecular complexity index is 1050. The highest BCUT2D eigenvalue weighted by molar-refractivity contribution is 6.01. The molecule has 124 valence electrons. The van der Waals surface area contributed by atoms with E-state index in [9.17, 15) is 4.79 Å². The Morgan fingerprint density at radius 2 is 1.96 bits per heavy atom. The first-order valence-electron chi connectivity index (χ1n) is 7.71. The van der Waals surface area contributed by atoms with Gasteiger partial charge in [-0.1, -0.05) is 47.6 Å². The van der Waals surface area contributed by atoms with Crippen LogP contribution >= 0.6 is 0 Å². The number of benzene rings is 2. The average Bonchev–Trinajstić information content (AvgIpc) is 3.27. The van der Waals surface area contributed by atoms with Gasteiger partial charge in [0.1, 0.15) is 0 Å². The van der Waals surface area contributed by atoms with Gasteiger partial charge in [-0.2, -0.15) is 10.1 Å². The molecule has 0 saturated carbocycles. The van der Waals surface area contributed by atoms with Crippen molar-refractivity contribution in [2.24, 2.45) is 0 Å². The fourth-order valence-electron chi connectivity index (χ4n) is 2.56. The number of esters is 1. The lowest BCUT2D eigenvalue weighted by atomic mass is 10.1. The Hall–Kier alpha value is -3.48. The summed E-state index contributed by atoms with van der Waals surface area (Å²) in [5.41, 5.74) is 2.92. The van der Waals surface area contributed by atoms with E-state index in [1.807, 2.05) is 49.4 Å². The summed E-state index contributed by atoms with van der Waals surface area (Å²) in [6.45, 7) is 1.85. The summed E-state index contributed by atoms with van der Waals surface area (Å²) < 4.78 is 10.4. The highest BCUT2D eigenvalue weighted by Crippen LogP contribution is 2.20. The van der Waals surface area contributed by atoms with Crippen molar-refractivity contribution >= 4 is 16.9 Å². The molecule has 0 fully saturated rings. The second-order valence-electron chi connectivity index (χ2n) is 5.52. The number of hydrogen-bond acceptors (Lipinski definition) is 6. The Morgan fingerprint density at radius 1 is 1.16 bits per heavy atom. The number of ether oxygens (including phenoxy) is 1. The Kier molecular flexibility index (Phi) is 3.74. The molecule has 2 aromatic heterocycles. The highest BCUT2D eigenvalue weighted by Gasteiger charge is 2.17. The molecule has 0 aliphatic heterocycles. The summed E-state index contributed by atoms with van der Waals surface area (Å²) >= 11 is 0. The summed E-state index contributed by atoms with van der Waals surface area (Å²) in [6, 6.07) is 15.1. The minimum atomic E-state index is -0.548. The van der Waals surface area contributed by atoms with E-state index >= 15 is 0 Å². The number of carbonyl (C=O) groups excluding carboxylic acids is 1. The third-order valence-electron chi connectivity index (χ3n) is 3.84. The van der Waals surface area contributed by atoms with E-state index in [2.05, 4.69) is 20.3 Å². The van der Waals surface area contributed by atoms with Crippen LogP contribution < -0.4 is 0 Å². The first-order valence-corrected chi connectivity index (χ1v) is 7.71. The summed E-state index contributed by atoms with van der Waals surface area (Å²) in [4.78, 5) is 16.5. The minimum absolute atomic E-state index is 0.112. The Labute approximate surface area is 142 Å². The quantitative estimate of drug-likeness (QED) is 0.576. The largest absolute Gasteiger partial charge is 0.451 e. The number of aromatic amines is 1. The Balaban J connectivity index is 1.49. The van der Waals surface area contributed by atoms with Gasteiger partial charge in [-0.25, -0.2) is 4.79 Å². The van der Waals surface area contributed by atoms with Gasteiger partial charge in [0.25, 0.3) is 5.89 Å². The lowest BCUT2D eigenvalue weighted by Gasteiger charge is -1.99. The van der Waals surface area contributed by atoms with Gasteiger partial charge in [0.2, 0.25) is 5.82 Å². The normalized spacial score (nSPS) is 10.9. The standard InChI is InChI=1S/C18H14N4O3/c1-11-6-2-3-7-12(11)17-19-15(25-22-17)10-24-18(23)16-13-8-4-5-9-14(13)20-21-16/h2-9H,10H2,1H3,(H,20,21). The van der Waals surface area contributed by atoms with E-state index in [1.54, 1.807) is 6.07 Å². The number of hydrogen-bond donors (Lipinski definition) is 1. The monoisotopic (exact) mass is 334 g/mol. The van der Waals surface area contributed by atoms with Crippen molar-refractivity contribution in [2.45, 2.75) is 13.5 Å². The molecule has 1 N–H and O–H groups in total. The van der Waals surface area contributed by atoms with Crippen molar-refractivity contribution < 1.29 is 14.1 Å². The molecule has 0 atom stereocenters. The van der Waals surface area contributed by atoms with Crippen LogP contribution in [-0.4, -0.2) is 26.3 Å². The first kappa shape index (κ1) is 15.1. The minimum Gasteiger partial charge on any atom is -0.451 e. The van der Waals surface area contributed by atoms with Crippen LogP contribution in [0.3, 0.4) is 0 Å². The molecule has 0 amide bonds. The molecule has 0 unspecified atom stereocenters. The average molecular weight is 334 g/mol. The predicted octanol–water partition coefficient (Wildman–Crippen LogP) is 3.28. The van der Waals surface area contributed by atoms with Gasteiger partial charge in [0.15, 0.2) is 12.3 Å². The fraction of sp³-hybridized carbons (Fsp3) is 0.111. The lowest BCUT2D eigenvalue weighted by Crippen LogP contribution is -2.06. The number of aromatic nitrogens is 4. The number of para-hydroxylation sites is 1. The van der Waals surface area contributed by atoms with E-state index in [0.717, 1.165) is 16.6 Å². The maximum atomic E-state index is 12.2. The molecular weight excluding hydrogens is 320 g/mol. The fourth-order valence-corrected chi connectivity index (χ4v) is 2.56. The van der Waals surface area contributed by atoms with Gasteiger partial charge in [0, 0.05) is 10.9 Å². The summed E-state index contributed by atoms with van der Waals surface area (Å²) in [6.07, 6.45) is 0.